The molecular weight excluding hydrogens is 244 g/mol. The van der Waals surface area contributed by atoms with Crippen LogP contribution in [-0.2, 0) is 5.41 Å². The van der Waals surface area contributed by atoms with Crippen LogP contribution in [0.15, 0.2) is 17.0 Å². The van der Waals surface area contributed by atoms with Gasteiger partial charge in [-0.15, -0.1) is 11.8 Å². The van der Waals surface area contributed by atoms with Crippen LogP contribution in [-0.4, -0.2) is 15.3 Å². The standard InChI is InChI=1S/C14H24OSSi/c1-10-8-9-11(16-5)12(14(2,3)4)13(10)15-17(6)7/h8-9,17H,1-7H3. The Labute approximate surface area is 112 Å². The summed E-state index contributed by atoms with van der Waals surface area (Å²) in [4.78, 5) is 1.34. The third kappa shape index (κ3) is 3.52. The fraction of sp³-hybridized carbons (Fsp3) is 0.571. The highest BCUT2D eigenvalue weighted by atomic mass is 32.2. The van der Waals surface area contributed by atoms with Gasteiger partial charge >= 0.3 is 0 Å². The summed E-state index contributed by atoms with van der Waals surface area (Å²) in [5, 5.41) is 0. The van der Waals surface area contributed by atoms with Crippen molar-refractivity contribution in [2.75, 3.05) is 6.26 Å². The third-order valence-electron chi connectivity index (χ3n) is 2.64. The summed E-state index contributed by atoms with van der Waals surface area (Å²) < 4.78 is 6.17. The van der Waals surface area contributed by atoms with Crippen molar-refractivity contribution in [1.82, 2.24) is 0 Å². The van der Waals surface area contributed by atoms with E-state index in [1.165, 1.54) is 16.0 Å². The lowest BCUT2D eigenvalue weighted by atomic mass is 9.85. The first-order valence-electron chi connectivity index (χ1n) is 6.12. The van der Waals surface area contributed by atoms with Gasteiger partial charge in [-0.1, -0.05) is 26.8 Å². The van der Waals surface area contributed by atoms with E-state index < -0.39 is 9.04 Å². The van der Waals surface area contributed by atoms with E-state index in [0.717, 1.165) is 5.75 Å². The summed E-state index contributed by atoms with van der Waals surface area (Å²) in [5.74, 6) is 1.13. The van der Waals surface area contributed by atoms with Crippen LogP contribution in [0.4, 0.5) is 0 Å². The molecule has 0 atom stereocenters. The average molecular weight is 268 g/mol. The molecule has 1 rings (SSSR count). The molecule has 3 heteroatoms. The first kappa shape index (κ1) is 14.6. The van der Waals surface area contributed by atoms with E-state index in [9.17, 15) is 0 Å². The second-order valence-electron chi connectivity index (χ2n) is 5.71. The highest BCUT2D eigenvalue weighted by Gasteiger charge is 2.24. The van der Waals surface area contributed by atoms with Crippen molar-refractivity contribution in [2.24, 2.45) is 0 Å². The Kier molecular flexibility index (Phi) is 4.73. The van der Waals surface area contributed by atoms with Gasteiger partial charge in [0.05, 0.1) is 0 Å². The van der Waals surface area contributed by atoms with Crippen molar-refractivity contribution < 1.29 is 4.43 Å². The molecule has 0 unspecified atom stereocenters. The first-order valence-corrected chi connectivity index (χ1v) is 10.1. The van der Waals surface area contributed by atoms with E-state index in [1.54, 1.807) is 0 Å². The van der Waals surface area contributed by atoms with Crippen LogP contribution >= 0.6 is 11.8 Å². The van der Waals surface area contributed by atoms with Gasteiger partial charge < -0.3 is 4.43 Å². The van der Waals surface area contributed by atoms with Crippen molar-refractivity contribution in [1.29, 1.82) is 0 Å². The lowest BCUT2D eigenvalue weighted by Crippen LogP contribution is -2.20. The minimum absolute atomic E-state index is 0.128. The molecule has 96 valence electrons. The van der Waals surface area contributed by atoms with Gasteiger partial charge in [-0.05, 0) is 43.3 Å². The van der Waals surface area contributed by atoms with Crippen molar-refractivity contribution in [2.45, 2.75) is 51.1 Å². The molecule has 0 aliphatic rings. The summed E-state index contributed by atoms with van der Waals surface area (Å²) in [7, 11) is -1.07. The van der Waals surface area contributed by atoms with Gasteiger partial charge in [0.2, 0.25) is 9.04 Å². The Hall–Kier alpha value is -0.413. The van der Waals surface area contributed by atoms with Crippen LogP contribution in [0.3, 0.4) is 0 Å². The maximum Gasteiger partial charge on any atom is 0.229 e. The number of rotatable bonds is 3. The number of hydrogen-bond donors (Lipinski definition) is 0. The van der Waals surface area contributed by atoms with Crippen molar-refractivity contribution in [3.05, 3.63) is 23.3 Å². The van der Waals surface area contributed by atoms with E-state index in [0.29, 0.717) is 0 Å². The van der Waals surface area contributed by atoms with E-state index in [4.69, 9.17) is 4.43 Å². The summed E-state index contributed by atoms with van der Waals surface area (Å²) in [6.45, 7) is 13.4. The van der Waals surface area contributed by atoms with Crippen molar-refractivity contribution in [3.8, 4) is 5.75 Å². The second kappa shape index (κ2) is 5.49. The first-order chi connectivity index (χ1) is 7.77. The zero-order valence-corrected chi connectivity index (χ0v) is 14.0. The highest BCUT2D eigenvalue weighted by Crippen LogP contribution is 2.40. The monoisotopic (exact) mass is 268 g/mol. The van der Waals surface area contributed by atoms with Crippen LogP contribution < -0.4 is 4.43 Å². The summed E-state index contributed by atoms with van der Waals surface area (Å²) in [6.07, 6.45) is 2.14. The Balaban J connectivity index is 3.42. The molecule has 1 nitrogen and oxygen atoms in total. The largest absolute Gasteiger partial charge is 0.547 e. The lowest BCUT2D eigenvalue weighted by Gasteiger charge is -2.28. The number of thioether (sulfide) groups is 1. The minimum atomic E-state index is -1.07. The summed E-state index contributed by atoms with van der Waals surface area (Å²) in [6, 6.07) is 4.39. The number of aryl methyl sites for hydroxylation is 1. The maximum atomic E-state index is 6.17. The van der Waals surface area contributed by atoms with Crippen LogP contribution in [0.5, 0.6) is 5.75 Å². The molecule has 0 bridgehead atoms. The molecule has 0 fully saturated rings. The van der Waals surface area contributed by atoms with Gasteiger partial charge in [0, 0.05) is 10.5 Å². The van der Waals surface area contributed by atoms with Gasteiger partial charge in [-0.25, -0.2) is 0 Å². The topological polar surface area (TPSA) is 9.23 Å². The highest BCUT2D eigenvalue weighted by molar-refractivity contribution is 7.98. The second-order valence-corrected chi connectivity index (χ2v) is 8.89. The summed E-state index contributed by atoms with van der Waals surface area (Å²) in [5.41, 5.74) is 2.75. The van der Waals surface area contributed by atoms with Crippen molar-refractivity contribution >= 4 is 20.8 Å². The molecule has 0 saturated carbocycles. The van der Waals surface area contributed by atoms with E-state index in [-0.39, 0.29) is 5.41 Å². The smallest absolute Gasteiger partial charge is 0.229 e. The molecule has 0 aliphatic heterocycles. The fourth-order valence-corrected chi connectivity index (χ4v) is 3.52. The van der Waals surface area contributed by atoms with Gasteiger partial charge in [0.15, 0.2) is 0 Å². The summed E-state index contributed by atoms with van der Waals surface area (Å²) >= 11 is 1.81. The Morgan fingerprint density at radius 1 is 1.18 bits per heavy atom. The maximum absolute atomic E-state index is 6.17. The van der Waals surface area contributed by atoms with E-state index in [2.05, 4.69) is 59.2 Å². The zero-order valence-electron chi connectivity index (χ0n) is 12.0. The molecule has 0 radical (unpaired) electrons. The SMILES string of the molecule is CSc1ccc(C)c(O[SiH](C)C)c1C(C)(C)C. The predicted molar refractivity (Wildman–Crippen MR) is 81.2 cm³/mol. The van der Waals surface area contributed by atoms with Gasteiger partial charge in [-0.2, -0.15) is 0 Å². The lowest BCUT2D eigenvalue weighted by molar-refractivity contribution is 0.508. The van der Waals surface area contributed by atoms with Gasteiger partial charge in [0.25, 0.3) is 0 Å². The minimum Gasteiger partial charge on any atom is -0.547 e. The molecule has 0 amide bonds. The molecule has 0 spiro atoms. The molecule has 0 saturated heterocycles. The third-order valence-corrected chi connectivity index (χ3v) is 4.13. The molecule has 0 aromatic heterocycles. The molecule has 0 N–H and O–H groups in total. The molecule has 1 aromatic carbocycles. The number of benzene rings is 1. The number of hydrogen-bond acceptors (Lipinski definition) is 2. The molecule has 17 heavy (non-hydrogen) atoms. The van der Waals surface area contributed by atoms with Crippen LogP contribution in [0.2, 0.25) is 13.1 Å². The predicted octanol–water partition coefficient (Wildman–Crippen LogP) is 4.38. The Bertz CT molecular complexity index is 394. The molecule has 0 heterocycles. The molecular formula is C14H24OSSi. The fourth-order valence-electron chi connectivity index (χ4n) is 1.94. The van der Waals surface area contributed by atoms with E-state index in [1.807, 2.05) is 11.8 Å². The van der Waals surface area contributed by atoms with Crippen molar-refractivity contribution in [3.63, 3.8) is 0 Å². The van der Waals surface area contributed by atoms with Crippen LogP contribution in [0, 0.1) is 6.92 Å². The van der Waals surface area contributed by atoms with Gasteiger partial charge in [0.1, 0.15) is 5.75 Å². The Morgan fingerprint density at radius 3 is 2.18 bits per heavy atom. The van der Waals surface area contributed by atoms with E-state index >= 15 is 0 Å². The van der Waals surface area contributed by atoms with Crippen LogP contribution in [0.25, 0.3) is 0 Å². The quantitative estimate of drug-likeness (QED) is 0.594. The zero-order chi connectivity index (χ0) is 13.2. The normalized spacial score (nSPS) is 12.0. The molecule has 0 aliphatic carbocycles. The van der Waals surface area contributed by atoms with Crippen LogP contribution in [0.1, 0.15) is 31.9 Å². The Morgan fingerprint density at radius 2 is 1.76 bits per heavy atom. The van der Waals surface area contributed by atoms with Gasteiger partial charge in [-0.3, -0.25) is 0 Å². The average Bonchev–Trinajstić information content (AvgIpc) is 2.18. The molecule has 1 aromatic rings.